The van der Waals surface area contributed by atoms with Gasteiger partial charge in [0.1, 0.15) is 0 Å². The largest absolute Gasteiger partial charge is 0.322 e. The van der Waals surface area contributed by atoms with Crippen LogP contribution in [0.15, 0.2) is 53.4 Å². The predicted octanol–water partition coefficient (Wildman–Crippen LogP) is 4.35. The molecule has 0 saturated carbocycles. The van der Waals surface area contributed by atoms with E-state index in [1.54, 1.807) is 18.2 Å². The molecule has 7 heteroatoms. The van der Waals surface area contributed by atoms with Crippen molar-refractivity contribution in [2.24, 2.45) is 5.92 Å². The first-order valence-electron chi connectivity index (χ1n) is 11.7. The molecule has 0 aromatic heterocycles. The van der Waals surface area contributed by atoms with E-state index in [1.807, 2.05) is 24.3 Å². The van der Waals surface area contributed by atoms with E-state index in [-0.39, 0.29) is 10.5 Å². The number of sulfonamides is 1. The standard InChI is InChI=1S/C25H33N3O3S/c1-20-8-7-15-27(18-20)19-21-11-13-22(14-12-21)26-25(29)23-9-3-4-10-24(23)32(30,31)28-16-5-2-6-17-28/h3-4,9-14,20H,2,5-8,15-19H2,1H3,(H,26,29). The second-order valence-electron chi connectivity index (χ2n) is 9.09. The molecule has 2 saturated heterocycles. The molecule has 2 heterocycles. The molecule has 4 rings (SSSR count). The number of rotatable bonds is 6. The Labute approximate surface area is 191 Å². The van der Waals surface area contributed by atoms with Crippen LogP contribution in [-0.4, -0.2) is 49.7 Å². The lowest BCUT2D eigenvalue weighted by Gasteiger charge is -2.30. The fourth-order valence-electron chi connectivity index (χ4n) is 4.70. The maximum absolute atomic E-state index is 13.2. The molecule has 0 radical (unpaired) electrons. The van der Waals surface area contributed by atoms with Crippen LogP contribution >= 0.6 is 0 Å². The van der Waals surface area contributed by atoms with Crippen molar-refractivity contribution in [3.8, 4) is 0 Å². The number of amides is 1. The number of nitrogens with zero attached hydrogens (tertiary/aromatic N) is 2. The molecule has 1 atom stereocenters. The molecule has 2 aromatic carbocycles. The van der Waals surface area contributed by atoms with E-state index in [9.17, 15) is 13.2 Å². The molecule has 2 aliphatic rings. The fraction of sp³-hybridized carbons (Fsp3) is 0.480. The third-order valence-corrected chi connectivity index (χ3v) is 8.38. The number of hydrogen-bond donors (Lipinski definition) is 1. The van der Waals surface area contributed by atoms with Crippen LogP contribution in [0, 0.1) is 5.92 Å². The molecule has 6 nitrogen and oxygen atoms in total. The number of hydrogen-bond acceptors (Lipinski definition) is 4. The summed E-state index contributed by atoms with van der Waals surface area (Å²) in [6, 6.07) is 14.3. The van der Waals surface area contributed by atoms with Crippen LogP contribution in [0.2, 0.25) is 0 Å². The van der Waals surface area contributed by atoms with Gasteiger partial charge < -0.3 is 5.32 Å². The third kappa shape index (κ3) is 5.39. The Morgan fingerprint density at radius 1 is 0.969 bits per heavy atom. The lowest BCUT2D eigenvalue weighted by atomic mass is 10.00. The van der Waals surface area contributed by atoms with Crippen molar-refractivity contribution >= 4 is 21.6 Å². The van der Waals surface area contributed by atoms with Gasteiger partial charge in [-0.15, -0.1) is 0 Å². The highest BCUT2D eigenvalue weighted by atomic mass is 32.2. The van der Waals surface area contributed by atoms with E-state index in [0.29, 0.717) is 18.8 Å². The first-order chi connectivity index (χ1) is 15.4. The average molecular weight is 456 g/mol. The maximum Gasteiger partial charge on any atom is 0.257 e. The van der Waals surface area contributed by atoms with Crippen molar-refractivity contribution in [2.75, 3.05) is 31.5 Å². The number of carbonyl (C=O) groups is 1. The summed E-state index contributed by atoms with van der Waals surface area (Å²) in [5.41, 5.74) is 2.06. The number of nitrogens with one attached hydrogen (secondary N) is 1. The van der Waals surface area contributed by atoms with Crippen LogP contribution in [0.5, 0.6) is 0 Å². The Bertz CT molecular complexity index is 1030. The molecule has 32 heavy (non-hydrogen) atoms. The van der Waals surface area contributed by atoms with Crippen molar-refractivity contribution in [3.63, 3.8) is 0 Å². The Kier molecular flexibility index (Phi) is 7.28. The van der Waals surface area contributed by atoms with Crippen molar-refractivity contribution < 1.29 is 13.2 Å². The first-order valence-corrected chi connectivity index (χ1v) is 13.1. The van der Waals surface area contributed by atoms with E-state index >= 15 is 0 Å². The molecule has 0 aliphatic carbocycles. The van der Waals surface area contributed by atoms with Gasteiger partial charge in [0.05, 0.1) is 10.5 Å². The number of likely N-dealkylation sites (tertiary alicyclic amines) is 1. The fourth-order valence-corrected chi connectivity index (χ4v) is 6.41. The van der Waals surface area contributed by atoms with Gasteiger partial charge in [0.25, 0.3) is 5.91 Å². The van der Waals surface area contributed by atoms with Crippen LogP contribution in [-0.2, 0) is 16.6 Å². The normalized spacial score (nSPS) is 20.7. The molecule has 172 valence electrons. The van der Waals surface area contributed by atoms with Gasteiger partial charge in [0, 0.05) is 31.9 Å². The van der Waals surface area contributed by atoms with Gasteiger partial charge >= 0.3 is 0 Å². The second kappa shape index (κ2) is 10.1. The minimum atomic E-state index is -3.69. The summed E-state index contributed by atoms with van der Waals surface area (Å²) in [5, 5.41) is 2.88. The quantitative estimate of drug-likeness (QED) is 0.703. The van der Waals surface area contributed by atoms with Crippen LogP contribution in [0.25, 0.3) is 0 Å². The average Bonchev–Trinajstić information content (AvgIpc) is 2.81. The van der Waals surface area contributed by atoms with E-state index in [4.69, 9.17) is 0 Å². The van der Waals surface area contributed by atoms with Crippen molar-refractivity contribution in [3.05, 3.63) is 59.7 Å². The highest BCUT2D eigenvalue weighted by Gasteiger charge is 2.29. The molecular weight excluding hydrogens is 422 g/mol. The zero-order chi connectivity index (χ0) is 22.6. The van der Waals surface area contributed by atoms with E-state index < -0.39 is 15.9 Å². The maximum atomic E-state index is 13.2. The number of carbonyl (C=O) groups excluding carboxylic acids is 1. The smallest absolute Gasteiger partial charge is 0.257 e. The number of anilines is 1. The van der Waals surface area contributed by atoms with Gasteiger partial charge in [0.2, 0.25) is 10.0 Å². The molecule has 1 unspecified atom stereocenters. The Hall–Kier alpha value is -2.22. The predicted molar refractivity (Wildman–Crippen MR) is 127 cm³/mol. The zero-order valence-electron chi connectivity index (χ0n) is 18.8. The van der Waals surface area contributed by atoms with Gasteiger partial charge in [-0.1, -0.05) is 37.6 Å². The Balaban J connectivity index is 1.45. The lowest BCUT2D eigenvalue weighted by Crippen LogP contribution is -2.36. The SMILES string of the molecule is CC1CCCN(Cc2ccc(NC(=O)c3ccccc3S(=O)(=O)N3CCCCC3)cc2)C1. The molecule has 2 fully saturated rings. The van der Waals surface area contributed by atoms with Crippen LogP contribution in [0.3, 0.4) is 0 Å². The topological polar surface area (TPSA) is 69.7 Å². The molecular formula is C25H33N3O3S. The van der Waals surface area contributed by atoms with E-state index in [0.717, 1.165) is 44.8 Å². The summed E-state index contributed by atoms with van der Waals surface area (Å²) in [7, 11) is -3.69. The van der Waals surface area contributed by atoms with Crippen LogP contribution in [0.4, 0.5) is 5.69 Å². The second-order valence-corrected chi connectivity index (χ2v) is 11.0. The highest BCUT2D eigenvalue weighted by Crippen LogP contribution is 2.25. The summed E-state index contributed by atoms with van der Waals surface area (Å²) in [6.45, 7) is 6.49. The van der Waals surface area contributed by atoms with Crippen LogP contribution < -0.4 is 5.32 Å². The number of piperidine rings is 2. The molecule has 1 N–H and O–H groups in total. The minimum absolute atomic E-state index is 0.0789. The summed E-state index contributed by atoms with van der Waals surface area (Å²) in [6.07, 6.45) is 5.30. The van der Waals surface area contributed by atoms with Crippen molar-refractivity contribution in [2.45, 2.75) is 50.5 Å². The first kappa shape index (κ1) is 23.0. The lowest BCUT2D eigenvalue weighted by molar-refractivity contribution is 0.102. The van der Waals surface area contributed by atoms with Crippen LogP contribution in [0.1, 0.15) is 54.9 Å². The molecule has 2 aliphatic heterocycles. The Morgan fingerprint density at radius 2 is 1.69 bits per heavy atom. The summed E-state index contributed by atoms with van der Waals surface area (Å²) in [5.74, 6) is 0.336. The summed E-state index contributed by atoms with van der Waals surface area (Å²) >= 11 is 0. The highest BCUT2D eigenvalue weighted by molar-refractivity contribution is 7.89. The monoisotopic (exact) mass is 455 g/mol. The molecule has 0 spiro atoms. The zero-order valence-corrected chi connectivity index (χ0v) is 19.6. The van der Waals surface area contributed by atoms with Gasteiger partial charge in [-0.3, -0.25) is 9.69 Å². The summed E-state index contributed by atoms with van der Waals surface area (Å²) in [4.78, 5) is 15.6. The minimum Gasteiger partial charge on any atom is -0.322 e. The van der Waals surface area contributed by atoms with Crippen molar-refractivity contribution in [1.29, 1.82) is 0 Å². The third-order valence-electron chi connectivity index (χ3n) is 6.42. The number of benzene rings is 2. The van der Waals surface area contributed by atoms with Crippen molar-refractivity contribution in [1.82, 2.24) is 9.21 Å². The molecule has 1 amide bonds. The van der Waals surface area contributed by atoms with Gasteiger partial charge in [0.15, 0.2) is 0 Å². The Morgan fingerprint density at radius 3 is 2.41 bits per heavy atom. The molecule has 0 bridgehead atoms. The van der Waals surface area contributed by atoms with Gasteiger partial charge in [-0.05, 0) is 68.0 Å². The van der Waals surface area contributed by atoms with Gasteiger partial charge in [-0.2, -0.15) is 4.31 Å². The van der Waals surface area contributed by atoms with E-state index in [1.165, 1.54) is 28.8 Å². The molecule has 2 aromatic rings. The van der Waals surface area contributed by atoms with E-state index in [2.05, 4.69) is 17.1 Å². The summed E-state index contributed by atoms with van der Waals surface area (Å²) < 4.78 is 27.8. The van der Waals surface area contributed by atoms with Gasteiger partial charge in [-0.25, -0.2) is 8.42 Å².